The molecule has 0 saturated carbocycles. The Balaban J connectivity index is 2.38. The van der Waals surface area contributed by atoms with E-state index < -0.39 is 0 Å². The summed E-state index contributed by atoms with van der Waals surface area (Å²) in [5, 5.41) is 2.07. The average molecular weight is 353 g/mol. The van der Waals surface area contributed by atoms with Crippen molar-refractivity contribution < 1.29 is 0 Å². The number of hydrogen-bond acceptors (Lipinski definition) is 1. The lowest BCUT2D eigenvalue weighted by Gasteiger charge is -2.02. The predicted octanol–water partition coefficient (Wildman–Crippen LogP) is 6.70. The standard InChI is InChI=1S/C13H6Cl5N/c14-8-3-1-2-7(13(8)18)6-19-12-5-10(16)9(15)4-11(12)17/h1-6H. The van der Waals surface area contributed by atoms with Crippen LogP contribution in [0.1, 0.15) is 5.56 Å². The largest absolute Gasteiger partial charge is 0.255 e. The highest BCUT2D eigenvalue weighted by Crippen LogP contribution is 2.34. The van der Waals surface area contributed by atoms with Crippen LogP contribution in [-0.4, -0.2) is 6.21 Å². The number of aliphatic imine (C=N–C) groups is 1. The van der Waals surface area contributed by atoms with Crippen LogP contribution < -0.4 is 0 Å². The van der Waals surface area contributed by atoms with E-state index in [0.717, 1.165) is 0 Å². The molecule has 2 aromatic rings. The molecule has 98 valence electrons. The van der Waals surface area contributed by atoms with Crippen LogP contribution in [0.4, 0.5) is 5.69 Å². The third-order valence-corrected chi connectivity index (χ3v) is 4.17. The molecule has 0 unspecified atom stereocenters. The van der Waals surface area contributed by atoms with E-state index in [2.05, 4.69) is 4.99 Å². The van der Waals surface area contributed by atoms with Crippen LogP contribution in [-0.2, 0) is 0 Å². The summed E-state index contributed by atoms with van der Waals surface area (Å²) in [7, 11) is 0. The summed E-state index contributed by atoms with van der Waals surface area (Å²) in [6.07, 6.45) is 1.57. The van der Waals surface area contributed by atoms with Crippen molar-refractivity contribution >= 4 is 69.9 Å². The molecule has 0 saturated heterocycles. The summed E-state index contributed by atoms with van der Waals surface area (Å²) < 4.78 is 0. The average Bonchev–Trinajstić information content (AvgIpc) is 2.37. The van der Waals surface area contributed by atoms with Crippen molar-refractivity contribution in [1.82, 2.24) is 0 Å². The van der Waals surface area contributed by atoms with Crippen LogP contribution in [0.25, 0.3) is 0 Å². The fourth-order valence-electron chi connectivity index (χ4n) is 1.37. The van der Waals surface area contributed by atoms with Crippen molar-refractivity contribution in [2.45, 2.75) is 0 Å². The Kier molecular flexibility index (Phi) is 4.99. The maximum Gasteiger partial charge on any atom is 0.0831 e. The summed E-state index contributed by atoms with van der Waals surface area (Å²) in [5.41, 5.74) is 1.20. The molecule has 0 aliphatic heterocycles. The normalized spacial score (nSPS) is 11.2. The Hall–Kier alpha value is -0.440. The second-order valence-corrected chi connectivity index (χ2v) is 5.63. The molecule has 0 fully saturated rings. The maximum atomic E-state index is 6.05. The van der Waals surface area contributed by atoms with Crippen molar-refractivity contribution in [1.29, 1.82) is 0 Å². The van der Waals surface area contributed by atoms with Gasteiger partial charge in [-0.2, -0.15) is 0 Å². The molecule has 0 aliphatic carbocycles. The van der Waals surface area contributed by atoms with Gasteiger partial charge in [-0.05, 0) is 18.2 Å². The van der Waals surface area contributed by atoms with E-state index in [-0.39, 0.29) is 0 Å². The van der Waals surface area contributed by atoms with Gasteiger partial charge in [0.1, 0.15) is 0 Å². The Morgan fingerprint density at radius 3 is 2.21 bits per heavy atom. The molecule has 19 heavy (non-hydrogen) atoms. The Labute approximate surface area is 135 Å². The van der Waals surface area contributed by atoms with Crippen molar-refractivity contribution in [3.05, 3.63) is 61.0 Å². The number of halogens is 5. The van der Waals surface area contributed by atoms with Crippen LogP contribution in [0.5, 0.6) is 0 Å². The molecule has 0 spiro atoms. The third kappa shape index (κ3) is 3.56. The van der Waals surface area contributed by atoms with E-state index in [9.17, 15) is 0 Å². The van der Waals surface area contributed by atoms with Gasteiger partial charge in [-0.1, -0.05) is 70.1 Å². The van der Waals surface area contributed by atoms with Crippen molar-refractivity contribution in [2.24, 2.45) is 4.99 Å². The van der Waals surface area contributed by atoms with Gasteiger partial charge >= 0.3 is 0 Å². The number of rotatable bonds is 2. The topological polar surface area (TPSA) is 12.4 Å². The summed E-state index contributed by atoms with van der Waals surface area (Å²) >= 11 is 29.7. The van der Waals surface area contributed by atoms with Crippen molar-refractivity contribution in [3.8, 4) is 0 Å². The second kappa shape index (κ2) is 6.34. The van der Waals surface area contributed by atoms with Crippen LogP contribution >= 0.6 is 58.0 Å². The summed E-state index contributed by atoms with van der Waals surface area (Å²) in [5.74, 6) is 0. The molecule has 2 aromatic carbocycles. The quantitative estimate of drug-likeness (QED) is 0.420. The number of benzene rings is 2. The van der Waals surface area contributed by atoms with Gasteiger partial charge < -0.3 is 0 Å². The monoisotopic (exact) mass is 351 g/mol. The van der Waals surface area contributed by atoms with E-state index in [4.69, 9.17) is 58.0 Å². The van der Waals surface area contributed by atoms with Gasteiger partial charge in [-0.25, -0.2) is 0 Å². The predicted molar refractivity (Wildman–Crippen MR) is 85.2 cm³/mol. The first kappa shape index (κ1) is 15.0. The Morgan fingerprint density at radius 1 is 0.789 bits per heavy atom. The fourth-order valence-corrected chi connectivity index (χ4v) is 2.32. The minimum Gasteiger partial charge on any atom is -0.255 e. The first-order valence-electron chi connectivity index (χ1n) is 5.11. The molecule has 6 heteroatoms. The zero-order valence-corrected chi connectivity index (χ0v) is 13.1. The number of hydrogen-bond donors (Lipinski definition) is 0. The van der Waals surface area contributed by atoms with Gasteiger partial charge in [0.05, 0.1) is 30.8 Å². The lowest BCUT2D eigenvalue weighted by molar-refractivity contribution is 1.52. The maximum absolute atomic E-state index is 6.05. The highest BCUT2D eigenvalue weighted by Gasteiger charge is 2.05. The second-order valence-electron chi connectivity index (χ2n) is 3.62. The Bertz CT molecular complexity index is 652. The first-order valence-corrected chi connectivity index (χ1v) is 7.00. The van der Waals surface area contributed by atoms with Gasteiger partial charge in [-0.15, -0.1) is 0 Å². The van der Waals surface area contributed by atoms with E-state index in [1.807, 2.05) is 0 Å². The van der Waals surface area contributed by atoms with E-state index in [1.54, 1.807) is 30.5 Å². The summed E-state index contributed by atoms with van der Waals surface area (Å²) in [6, 6.07) is 8.40. The zero-order valence-electron chi connectivity index (χ0n) is 9.30. The summed E-state index contributed by atoms with van der Waals surface area (Å²) in [4.78, 5) is 4.24. The van der Waals surface area contributed by atoms with Gasteiger partial charge in [0.25, 0.3) is 0 Å². The first-order chi connectivity index (χ1) is 8.99. The molecule has 0 amide bonds. The van der Waals surface area contributed by atoms with Gasteiger partial charge in [-0.3, -0.25) is 4.99 Å². The third-order valence-electron chi connectivity index (χ3n) is 2.31. The molecule has 0 heterocycles. The molecule has 0 aromatic heterocycles. The smallest absolute Gasteiger partial charge is 0.0831 e. The molecular formula is C13H6Cl5N. The van der Waals surface area contributed by atoms with E-state index >= 15 is 0 Å². The molecule has 0 radical (unpaired) electrons. The molecule has 1 nitrogen and oxygen atoms in total. The molecule has 2 rings (SSSR count). The minimum absolute atomic E-state index is 0.381. The molecule has 0 atom stereocenters. The lowest BCUT2D eigenvalue weighted by Crippen LogP contribution is -1.83. The van der Waals surface area contributed by atoms with Gasteiger partial charge in [0.15, 0.2) is 0 Å². The fraction of sp³-hybridized carbons (Fsp3) is 0. The SMILES string of the molecule is Clc1cc(Cl)c(N=Cc2cccc(Cl)c2Cl)cc1Cl. The lowest BCUT2D eigenvalue weighted by atomic mass is 10.2. The van der Waals surface area contributed by atoms with Crippen LogP contribution in [0.3, 0.4) is 0 Å². The minimum atomic E-state index is 0.381. The van der Waals surface area contributed by atoms with Crippen LogP contribution in [0.15, 0.2) is 35.3 Å². The highest BCUT2D eigenvalue weighted by atomic mass is 35.5. The van der Waals surface area contributed by atoms with E-state index in [1.165, 1.54) is 6.07 Å². The summed E-state index contributed by atoms with van der Waals surface area (Å²) in [6.45, 7) is 0. The van der Waals surface area contributed by atoms with Crippen molar-refractivity contribution in [3.63, 3.8) is 0 Å². The Morgan fingerprint density at radius 2 is 1.47 bits per heavy atom. The number of nitrogens with zero attached hydrogens (tertiary/aromatic N) is 1. The molecule has 0 N–H and O–H groups in total. The van der Waals surface area contributed by atoms with Crippen LogP contribution in [0, 0.1) is 0 Å². The molecular weight excluding hydrogens is 347 g/mol. The van der Waals surface area contributed by atoms with Crippen LogP contribution in [0.2, 0.25) is 25.1 Å². The highest BCUT2D eigenvalue weighted by molar-refractivity contribution is 6.44. The van der Waals surface area contributed by atoms with E-state index in [0.29, 0.717) is 36.4 Å². The van der Waals surface area contributed by atoms with Crippen molar-refractivity contribution in [2.75, 3.05) is 0 Å². The molecule has 0 bridgehead atoms. The van der Waals surface area contributed by atoms with Gasteiger partial charge in [0.2, 0.25) is 0 Å². The zero-order chi connectivity index (χ0) is 14.0. The molecule has 0 aliphatic rings. The van der Waals surface area contributed by atoms with Gasteiger partial charge in [0, 0.05) is 11.8 Å².